The minimum absolute atomic E-state index is 0.0520. The van der Waals surface area contributed by atoms with E-state index in [-0.39, 0.29) is 29.9 Å². The molecule has 158 valence electrons. The molecule has 3 atom stereocenters. The minimum Gasteiger partial charge on any atom is -0.510 e. The number of fused-ring (bicyclic) bond motifs is 1. The zero-order valence-electron chi connectivity index (χ0n) is 17.2. The molecule has 0 unspecified atom stereocenters. The van der Waals surface area contributed by atoms with Crippen LogP contribution in [0.2, 0.25) is 0 Å². The fourth-order valence-corrected chi connectivity index (χ4v) is 4.81. The maximum atomic E-state index is 13.4. The molecule has 2 aliphatic rings. The summed E-state index contributed by atoms with van der Waals surface area (Å²) < 4.78 is 6.91. The van der Waals surface area contributed by atoms with E-state index >= 15 is 0 Å². The van der Waals surface area contributed by atoms with Gasteiger partial charge in [0.25, 0.3) is 0 Å². The van der Waals surface area contributed by atoms with Crippen LogP contribution < -0.4 is 10.1 Å². The number of benzene rings is 2. The zero-order valence-corrected chi connectivity index (χ0v) is 17.2. The number of carbonyl (C=O) groups excluding carboxylic acids is 1. The summed E-state index contributed by atoms with van der Waals surface area (Å²) in [5.41, 5.74) is 3.62. The maximum absolute atomic E-state index is 13.4. The third kappa shape index (κ3) is 3.41. The van der Waals surface area contributed by atoms with Gasteiger partial charge in [0.1, 0.15) is 30.2 Å². The lowest BCUT2D eigenvalue weighted by molar-refractivity contribution is -0.117. The van der Waals surface area contributed by atoms with E-state index in [1.807, 2.05) is 42.5 Å². The topological polar surface area (TPSA) is 89.3 Å². The van der Waals surface area contributed by atoms with Gasteiger partial charge in [-0.05, 0) is 35.2 Å². The van der Waals surface area contributed by atoms with Crippen LogP contribution >= 0.6 is 0 Å². The predicted molar refractivity (Wildman–Crippen MR) is 115 cm³/mol. The molecule has 2 aromatic carbocycles. The van der Waals surface area contributed by atoms with Crippen LogP contribution in [0.1, 0.15) is 41.1 Å². The number of methoxy groups -OCH3 is 1. The van der Waals surface area contributed by atoms with Crippen molar-refractivity contribution in [3.05, 3.63) is 89.2 Å². The minimum atomic E-state index is -0.514. The van der Waals surface area contributed by atoms with Gasteiger partial charge in [-0.25, -0.2) is 9.67 Å². The fraction of sp³-hybridized carbons (Fsp3) is 0.292. The molecule has 0 saturated carbocycles. The lowest BCUT2D eigenvalue weighted by Crippen LogP contribution is -2.38. The molecule has 7 heteroatoms. The van der Waals surface area contributed by atoms with Gasteiger partial charge in [0.05, 0.1) is 18.7 Å². The average Bonchev–Trinajstić information content (AvgIpc) is 3.33. The van der Waals surface area contributed by atoms with Crippen LogP contribution in [-0.2, 0) is 11.2 Å². The van der Waals surface area contributed by atoms with Gasteiger partial charge in [0, 0.05) is 18.9 Å². The number of Topliss-reactive ketones (excluding diaryl/α,β-unsaturated/α-hetero) is 1. The first-order valence-electron chi connectivity index (χ1n) is 10.4. The van der Waals surface area contributed by atoms with Crippen molar-refractivity contribution in [2.75, 3.05) is 13.7 Å². The summed E-state index contributed by atoms with van der Waals surface area (Å²) in [6.07, 6.45) is 4.21. The van der Waals surface area contributed by atoms with Crippen molar-refractivity contribution in [2.45, 2.75) is 30.8 Å². The van der Waals surface area contributed by atoms with E-state index in [1.54, 1.807) is 18.1 Å². The monoisotopic (exact) mass is 416 g/mol. The van der Waals surface area contributed by atoms with Gasteiger partial charge in [-0.15, -0.1) is 0 Å². The van der Waals surface area contributed by atoms with E-state index in [0.29, 0.717) is 5.57 Å². The Morgan fingerprint density at radius 1 is 1.16 bits per heavy atom. The van der Waals surface area contributed by atoms with Gasteiger partial charge in [0.15, 0.2) is 5.78 Å². The van der Waals surface area contributed by atoms with Crippen LogP contribution in [0.3, 0.4) is 0 Å². The van der Waals surface area contributed by atoms with Crippen LogP contribution in [-0.4, -0.2) is 39.3 Å². The summed E-state index contributed by atoms with van der Waals surface area (Å²) in [5, 5.41) is 19.2. The Kier molecular flexibility index (Phi) is 5.03. The Morgan fingerprint density at radius 3 is 2.71 bits per heavy atom. The van der Waals surface area contributed by atoms with Crippen LogP contribution in [0.5, 0.6) is 5.75 Å². The molecule has 1 aromatic heterocycles. The summed E-state index contributed by atoms with van der Waals surface area (Å²) in [4.78, 5) is 17.5. The molecule has 1 aliphatic heterocycles. The molecule has 0 fully saturated rings. The highest BCUT2D eigenvalue weighted by molar-refractivity contribution is 5.99. The average molecular weight is 416 g/mol. The molecule has 0 saturated heterocycles. The lowest BCUT2D eigenvalue weighted by Gasteiger charge is -2.36. The first-order valence-corrected chi connectivity index (χ1v) is 10.4. The van der Waals surface area contributed by atoms with E-state index in [0.717, 1.165) is 29.8 Å². The first-order chi connectivity index (χ1) is 15.2. The van der Waals surface area contributed by atoms with Gasteiger partial charge < -0.3 is 15.2 Å². The summed E-state index contributed by atoms with van der Waals surface area (Å²) in [7, 11) is 1.62. The van der Waals surface area contributed by atoms with Crippen molar-refractivity contribution < 1.29 is 14.6 Å². The number of hydrogen-bond acceptors (Lipinski definition) is 6. The number of ketones is 1. The van der Waals surface area contributed by atoms with E-state index in [4.69, 9.17) is 4.74 Å². The van der Waals surface area contributed by atoms with Crippen LogP contribution in [0.25, 0.3) is 0 Å². The maximum Gasteiger partial charge on any atom is 0.164 e. The number of carbonyl (C=O) groups is 1. The van der Waals surface area contributed by atoms with Crippen LogP contribution in [0.4, 0.5) is 0 Å². The van der Waals surface area contributed by atoms with Gasteiger partial charge in [-0.3, -0.25) is 4.79 Å². The Morgan fingerprint density at radius 2 is 1.97 bits per heavy atom. The van der Waals surface area contributed by atoms with Gasteiger partial charge in [0.2, 0.25) is 0 Å². The molecule has 2 heterocycles. The van der Waals surface area contributed by atoms with E-state index < -0.39 is 6.04 Å². The van der Waals surface area contributed by atoms with Crippen molar-refractivity contribution in [3.63, 3.8) is 0 Å². The van der Waals surface area contributed by atoms with Crippen molar-refractivity contribution in [1.82, 2.24) is 20.1 Å². The number of ether oxygens (including phenoxy) is 1. The van der Waals surface area contributed by atoms with Crippen LogP contribution in [0.15, 0.2) is 72.5 Å². The highest BCUT2D eigenvalue weighted by atomic mass is 16.5. The number of aliphatic hydroxyl groups is 1. The molecule has 0 amide bonds. The Hall–Kier alpha value is -3.45. The molecule has 0 radical (unpaired) electrons. The Labute approximate surface area is 180 Å². The standard InChI is InChI=1S/C24H24N4O3/c1-31-17-8-6-16(7-9-17)19-12-20(29)21(24(30)23(19)28-14-25-13-27-28)22-18-5-3-2-4-15(18)10-11-26-22/h2-9,13-14,19,22-23,26,30H,10-12H2,1H3/t19-,22+,23-/m0/s1. The molecular formula is C24H24N4O3. The molecule has 2 N–H and O–H groups in total. The third-order valence-corrected chi connectivity index (χ3v) is 6.31. The largest absolute Gasteiger partial charge is 0.510 e. The smallest absolute Gasteiger partial charge is 0.164 e. The molecule has 3 aromatic rings. The Balaban J connectivity index is 1.62. The number of allylic oxidation sites excluding steroid dienone is 1. The second kappa shape index (κ2) is 8.00. The predicted octanol–water partition coefficient (Wildman–Crippen LogP) is 3.28. The second-order valence-electron chi connectivity index (χ2n) is 7.96. The highest BCUT2D eigenvalue weighted by Gasteiger charge is 2.42. The summed E-state index contributed by atoms with van der Waals surface area (Å²) >= 11 is 0. The van der Waals surface area contributed by atoms with Gasteiger partial charge in [-0.1, -0.05) is 36.4 Å². The number of aliphatic hydroxyl groups excluding tert-OH is 1. The first kappa shape index (κ1) is 19.5. The second-order valence-corrected chi connectivity index (χ2v) is 7.96. The van der Waals surface area contributed by atoms with Crippen LogP contribution in [0, 0.1) is 0 Å². The van der Waals surface area contributed by atoms with Crippen molar-refractivity contribution in [1.29, 1.82) is 0 Å². The third-order valence-electron chi connectivity index (χ3n) is 6.31. The number of nitrogens with zero attached hydrogens (tertiary/aromatic N) is 3. The molecular weight excluding hydrogens is 392 g/mol. The van der Waals surface area contributed by atoms with Crippen molar-refractivity contribution in [3.8, 4) is 5.75 Å². The summed E-state index contributed by atoms with van der Waals surface area (Å²) in [6.45, 7) is 0.752. The normalized spacial score (nSPS) is 23.5. The molecule has 5 rings (SSSR count). The van der Waals surface area contributed by atoms with Gasteiger partial charge in [-0.2, -0.15) is 5.10 Å². The highest BCUT2D eigenvalue weighted by Crippen LogP contribution is 2.45. The van der Waals surface area contributed by atoms with Crippen molar-refractivity contribution in [2.24, 2.45) is 0 Å². The Bertz CT molecular complexity index is 1120. The van der Waals surface area contributed by atoms with E-state index in [9.17, 15) is 9.90 Å². The molecule has 0 bridgehead atoms. The SMILES string of the molecule is COc1ccc([C@@H]2CC(=O)C([C@@H]3NCCc4ccccc43)=C(O)[C@H]2n2cncn2)cc1. The van der Waals surface area contributed by atoms with E-state index in [2.05, 4.69) is 21.5 Å². The number of aromatic nitrogens is 3. The van der Waals surface area contributed by atoms with Gasteiger partial charge >= 0.3 is 0 Å². The summed E-state index contributed by atoms with van der Waals surface area (Å²) in [6, 6.07) is 14.9. The quantitative estimate of drug-likeness (QED) is 0.679. The number of hydrogen-bond donors (Lipinski definition) is 2. The molecule has 1 aliphatic carbocycles. The fourth-order valence-electron chi connectivity index (χ4n) is 4.81. The van der Waals surface area contributed by atoms with E-state index in [1.165, 1.54) is 11.9 Å². The van der Waals surface area contributed by atoms with Crippen molar-refractivity contribution >= 4 is 5.78 Å². The number of nitrogens with one attached hydrogen (secondary N) is 1. The lowest BCUT2D eigenvalue weighted by atomic mass is 9.75. The summed E-state index contributed by atoms with van der Waals surface area (Å²) in [5.74, 6) is 0.481. The zero-order chi connectivity index (χ0) is 21.4. The molecule has 7 nitrogen and oxygen atoms in total. The molecule has 0 spiro atoms. The molecule has 31 heavy (non-hydrogen) atoms. The number of rotatable bonds is 4.